The normalized spacial score (nSPS) is 22.3. The van der Waals surface area contributed by atoms with Crippen LogP contribution in [0, 0.1) is 0 Å². The van der Waals surface area contributed by atoms with E-state index in [4.69, 9.17) is 5.73 Å². The maximum atomic E-state index is 11.1. The Bertz CT molecular complexity index is 321. The van der Waals surface area contributed by atoms with Crippen molar-refractivity contribution >= 4 is 18.0 Å². The SMILES string of the molecule is COC(=O)/C(C=NC1CCC(=O)C1)=C/N. The minimum absolute atomic E-state index is 0.0166. The van der Waals surface area contributed by atoms with E-state index in [1.54, 1.807) is 0 Å². The average molecular weight is 210 g/mol. The zero-order valence-corrected chi connectivity index (χ0v) is 8.60. The summed E-state index contributed by atoms with van der Waals surface area (Å²) in [6, 6.07) is -0.0166. The molecule has 0 aromatic carbocycles. The number of ether oxygens (including phenoxy) is 1. The van der Waals surface area contributed by atoms with Crippen LogP contribution >= 0.6 is 0 Å². The van der Waals surface area contributed by atoms with Gasteiger partial charge in [-0.3, -0.25) is 9.79 Å². The van der Waals surface area contributed by atoms with Crippen molar-refractivity contribution in [3.63, 3.8) is 0 Å². The molecule has 1 unspecified atom stereocenters. The molecule has 2 N–H and O–H groups in total. The summed E-state index contributed by atoms with van der Waals surface area (Å²) in [5.41, 5.74) is 5.45. The summed E-state index contributed by atoms with van der Waals surface area (Å²) in [6.45, 7) is 0. The average Bonchev–Trinajstić information content (AvgIpc) is 2.64. The van der Waals surface area contributed by atoms with Gasteiger partial charge in [0, 0.05) is 25.3 Å². The predicted molar refractivity (Wildman–Crippen MR) is 55.4 cm³/mol. The number of hydrogen-bond donors (Lipinski definition) is 1. The van der Waals surface area contributed by atoms with Gasteiger partial charge in [0.05, 0.1) is 18.7 Å². The van der Waals surface area contributed by atoms with E-state index in [-0.39, 0.29) is 17.4 Å². The monoisotopic (exact) mass is 210 g/mol. The van der Waals surface area contributed by atoms with Gasteiger partial charge >= 0.3 is 5.97 Å². The molecule has 0 radical (unpaired) electrons. The van der Waals surface area contributed by atoms with E-state index in [1.165, 1.54) is 13.3 Å². The van der Waals surface area contributed by atoms with Gasteiger partial charge < -0.3 is 10.5 Å². The highest BCUT2D eigenvalue weighted by Crippen LogP contribution is 2.17. The lowest BCUT2D eigenvalue weighted by Gasteiger charge is -2.01. The van der Waals surface area contributed by atoms with Gasteiger partial charge in [-0.15, -0.1) is 0 Å². The summed E-state index contributed by atoms with van der Waals surface area (Å²) in [7, 11) is 1.28. The molecule has 1 fully saturated rings. The van der Waals surface area contributed by atoms with Crippen LogP contribution in [0.4, 0.5) is 0 Å². The molecule has 0 spiro atoms. The van der Waals surface area contributed by atoms with E-state index in [9.17, 15) is 9.59 Å². The number of nitrogens with zero attached hydrogens (tertiary/aromatic N) is 1. The Kier molecular flexibility index (Phi) is 4.03. The first-order valence-corrected chi connectivity index (χ1v) is 4.72. The fraction of sp³-hybridized carbons (Fsp3) is 0.500. The highest BCUT2D eigenvalue weighted by atomic mass is 16.5. The van der Waals surface area contributed by atoms with Gasteiger partial charge in [0.2, 0.25) is 0 Å². The molecular formula is C10H14N2O3. The van der Waals surface area contributed by atoms with Gasteiger partial charge in [-0.2, -0.15) is 0 Å². The first-order valence-electron chi connectivity index (χ1n) is 4.72. The second-order valence-corrected chi connectivity index (χ2v) is 3.33. The minimum atomic E-state index is -0.523. The Balaban J connectivity index is 2.56. The first-order chi connectivity index (χ1) is 7.17. The van der Waals surface area contributed by atoms with Crippen LogP contribution in [-0.2, 0) is 14.3 Å². The topological polar surface area (TPSA) is 81.8 Å². The van der Waals surface area contributed by atoms with Crippen LogP contribution in [-0.4, -0.2) is 31.1 Å². The van der Waals surface area contributed by atoms with Crippen LogP contribution in [0.5, 0.6) is 0 Å². The van der Waals surface area contributed by atoms with Crippen molar-refractivity contribution in [2.45, 2.75) is 25.3 Å². The molecule has 0 heterocycles. The third-order valence-corrected chi connectivity index (χ3v) is 2.24. The minimum Gasteiger partial charge on any atom is -0.465 e. The zero-order chi connectivity index (χ0) is 11.3. The molecule has 1 aliphatic rings. The highest BCUT2D eigenvalue weighted by Gasteiger charge is 2.20. The Morgan fingerprint density at radius 2 is 2.40 bits per heavy atom. The van der Waals surface area contributed by atoms with E-state index in [1.807, 2.05) is 0 Å². The van der Waals surface area contributed by atoms with Crippen molar-refractivity contribution in [3.05, 3.63) is 11.8 Å². The van der Waals surface area contributed by atoms with E-state index < -0.39 is 5.97 Å². The standard InChI is InChI=1S/C10H14N2O3/c1-15-10(14)7(5-11)6-12-8-2-3-9(13)4-8/h5-6,8H,2-4,11H2,1H3/b7-5+,12-6?. The van der Waals surface area contributed by atoms with Gasteiger partial charge in [0.1, 0.15) is 5.78 Å². The largest absolute Gasteiger partial charge is 0.465 e. The summed E-state index contributed by atoms with van der Waals surface area (Å²) < 4.78 is 4.49. The quantitative estimate of drug-likeness (QED) is 0.409. The molecule has 0 aromatic heterocycles. The summed E-state index contributed by atoms with van der Waals surface area (Å²) >= 11 is 0. The van der Waals surface area contributed by atoms with Gasteiger partial charge in [0.15, 0.2) is 0 Å². The van der Waals surface area contributed by atoms with Crippen LogP contribution in [0.15, 0.2) is 16.8 Å². The number of carbonyl (C=O) groups is 2. The molecule has 5 nitrogen and oxygen atoms in total. The van der Waals surface area contributed by atoms with E-state index >= 15 is 0 Å². The molecule has 1 rings (SSSR count). The van der Waals surface area contributed by atoms with E-state index in [0.29, 0.717) is 12.8 Å². The van der Waals surface area contributed by atoms with Crippen molar-refractivity contribution in [3.8, 4) is 0 Å². The molecular weight excluding hydrogens is 196 g/mol. The predicted octanol–water partition coefficient (Wildman–Crippen LogP) is 0.194. The van der Waals surface area contributed by atoms with Crippen LogP contribution in [0.25, 0.3) is 0 Å². The summed E-state index contributed by atoms with van der Waals surface area (Å²) in [5, 5.41) is 0. The third-order valence-electron chi connectivity index (χ3n) is 2.24. The smallest absolute Gasteiger partial charge is 0.340 e. The fourth-order valence-corrected chi connectivity index (χ4v) is 1.39. The maximum absolute atomic E-state index is 11.1. The Morgan fingerprint density at radius 1 is 1.67 bits per heavy atom. The molecule has 82 valence electrons. The number of Topliss-reactive ketones (excluding diaryl/α,β-unsaturated/α-hetero) is 1. The molecule has 1 atom stereocenters. The molecule has 0 amide bonds. The zero-order valence-electron chi connectivity index (χ0n) is 8.60. The number of methoxy groups -OCH3 is 1. The number of hydrogen-bond acceptors (Lipinski definition) is 5. The number of esters is 1. The van der Waals surface area contributed by atoms with Gasteiger partial charge in [0.25, 0.3) is 0 Å². The van der Waals surface area contributed by atoms with E-state index in [0.717, 1.165) is 12.6 Å². The van der Waals surface area contributed by atoms with Crippen molar-refractivity contribution in [2.24, 2.45) is 10.7 Å². The van der Waals surface area contributed by atoms with Crippen LogP contribution in [0.3, 0.4) is 0 Å². The van der Waals surface area contributed by atoms with Crippen molar-refractivity contribution < 1.29 is 14.3 Å². The highest BCUT2D eigenvalue weighted by molar-refractivity contribution is 6.09. The maximum Gasteiger partial charge on any atom is 0.340 e. The number of aliphatic imine (C=N–C) groups is 1. The Labute approximate surface area is 88.0 Å². The second-order valence-electron chi connectivity index (χ2n) is 3.33. The lowest BCUT2D eigenvalue weighted by atomic mass is 10.2. The van der Waals surface area contributed by atoms with Crippen LogP contribution < -0.4 is 5.73 Å². The van der Waals surface area contributed by atoms with Crippen LogP contribution in [0.1, 0.15) is 19.3 Å². The number of carbonyl (C=O) groups excluding carboxylic acids is 2. The van der Waals surface area contributed by atoms with Gasteiger partial charge in [-0.05, 0) is 6.42 Å². The lowest BCUT2D eigenvalue weighted by Crippen LogP contribution is -2.09. The van der Waals surface area contributed by atoms with Crippen molar-refractivity contribution in [2.75, 3.05) is 7.11 Å². The first kappa shape index (κ1) is 11.4. The Morgan fingerprint density at radius 3 is 2.87 bits per heavy atom. The molecule has 5 heteroatoms. The molecule has 0 aromatic rings. The molecule has 15 heavy (non-hydrogen) atoms. The van der Waals surface area contributed by atoms with E-state index in [2.05, 4.69) is 9.73 Å². The number of ketones is 1. The summed E-state index contributed by atoms with van der Waals surface area (Å²) in [4.78, 5) is 26.2. The molecule has 1 saturated carbocycles. The van der Waals surface area contributed by atoms with Gasteiger partial charge in [-0.1, -0.05) is 0 Å². The third kappa shape index (κ3) is 3.19. The van der Waals surface area contributed by atoms with Crippen LogP contribution in [0.2, 0.25) is 0 Å². The lowest BCUT2D eigenvalue weighted by molar-refractivity contribution is -0.135. The number of nitrogens with two attached hydrogens (primary N) is 1. The molecule has 0 saturated heterocycles. The summed E-state index contributed by atoms with van der Waals surface area (Å²) in [5.74, 6) is -0.306. The molecule has 0 aliphatic heterocycles. The second kappa shape index (κ2) is 5.29. The fourth-order valence-electron chi connectivity index (χ4n) is 1.39. The summed E-state index contributed by atoms with van der Waals surface area (Å²) in [6.07, 6.45) is 4.28. The van der Waals surface area contributed by atoms with Crippen molar-refractivity contribution in [1.29, 1.82) is 0 Å². The van der Waals surface area contributed by atoms with Gasteiger partial charge in [-0.25, -0.2) is 4.79 Å². The molecule has 1 aliphatic carbocycles. The Hall–Kier alpha value is -1.65. The molecule has 0 bridgehead atoms. The van der Waals surface area contributed by atoms with Crippen molar-refractivity contribution in [1.82, 2.24) is 0 Å². The number of rotatable bonds is 3.